The van der Waals surface area contributed by atoms with E-state index < -0.39 is 5.54 Å². The minimum Gasteiger partial charge on any atom is -0.323 e. The molecule has 1 N–H and O–H groups in total. The first-order chi connectivity index (χ1) is 15.1. The van der Waals surface area contributed by atoms with Crippen molar-refractivity contribution in [3.8, 4) is 0 Å². The molecule has 3 aliphatic rings. The summed E-state index contributed by atoms with van der Waals surface area (Å²) in [6.07, 6.45) is 3.93. The topological polar surface area (TPSA) is 55.9 Å². The molecule has 2 saturated heterocycles. The Morgan fingerprint density at radius 2 is 1.71 bits per heavy atom. The zero-order valence-corrected chi connectivity index (χ0v) is 18.3. The van der Waals surface area contributed by atoms with Crippen LogP contribution < -0.4 is 5.32 Å². The van der Waals surface area contributed by atoms with Gasteiger partial charge >= 0.3 is 6.03 Å². The Balaban J connectivity index is 1.19. The molecule has 3 amide bonds. The molecule has 0 bridgehead atoms. The SMILES string of the molecule is C[C@@H]1CCCC[C@@]12NC(=O)N(CN1CCN(Cc3cccc4ccccc34)CC1)C2=O. The van der Waals surface area contributed by atoms with Crippen molar-refractivity contribution in [2.75, 3.05) is 32.8 Å². The van der Waals surface area contributed by atoms with E-state index in [4.69, 9.17) is 0 Å². The Bertz CT molecular complexity index is 979. The molecule has 2 aliphatic heterocycles. The molecule has 2 aromatic carbocycles. The summed E-state index contributed by atoms with van der Waals surface area (Å²) in [7, 11) is 0. The summed E-state index contributed by atoms with van der Waals surface area (Å²) < 4.78 is 0. The average Bonchev–Trinajstić information content (AvgIpc) is 3.02. The molecular weight excluding hydrogens is 388 g/mol. The van der Waals surface area contributed by atoms with Gasteiger partial charge in [0.25, 0.3) is 5.91 Å². The molecule has 2 heterocycles. The number of hydrogen-bond donors (Lipinski definition) is 1. The molecule has 0 unspecified atom stereocenters. The second-order valence-electron chi connectivity index (χ2n) is 9.46. The van der Waals surface area contributed by atoms with Crippen molar-refractivity contribution in [2.45, 2.75) is 44.7 Å². The lowest BCUT2D eigenvalue weighted by Crippen LogP contribution is -2.55. The first kappa shape index (κ1) is 20.5. The molecule has 1 aliphatic carbocycles. The van der Waals surface area contributed by atoms with Crippen LogP contribution in [0.2, 0.25) is 0 Å². The van der Waals surface area contributed by atoms with Crippen LogP contribution in [0.5, 0.6) is 0 Å². The van der Waals surface area contributed by atoms with Crippen LogP contribution in [0.15, 0.2) is 42.5 Å². The number of nitrogens with zero attached hydrogens (tertiary/aromatic N) is 3. The van der Waals surface area contributed by atoms with Gasteiger partial charge < -0.3 is 5.32 Å². The molecule has 164 valence electrons. The number of hydrogen-bond acceptors (Lipinski definition) is 4. The van der Waals surface area contributed by atoms with E-state index in [1.54, 1.807) is 0 Å². The predicted molar refractivity (Wildman–Crippen MR) is 121 cm³/mol. The van der Waals surface area contributed by atoms with Gasteiger partial charge in [0.15, 0.2) is 0 Å². The summed E-state index contributed by atoms with van der Waals surface area (Å²) in [6.45, 7) is 7.05. The fraction of sp³-hybridized carbons (Fsp3) is 0.520. The number of fused-ring (bicyclic) bond motifs is 1. The highest BCUT2D eigenvalue weighted by Gasteiger charge is 2.55. The molecule has 31 heavy (non-hydrogen) atoms. The van der Waals surface area contributed by atoms with Crippen LogP contribution >= 0.6 is 0 Å². The Kier molecular flexibility index (Phi) is 5.44. The summed E-state index contributed by atoms with van der Waals surface area (Å²) in [5.74, 6) is 0.197. The maximum atomic E-state index is 13.2. The number of carbonyl (C=O) groups is 2. The maximum Gasteiger partial charge on any atom is 0.326 e. The molecule has 2 aromatic rings. The van der Waals surface area contributed by atoms with E-state index in [0.29, 0.717) is 6.67 Å². The van der Waals surface area contributed by atoms with Crippen LogP contribution in [-0.4, -0.2) is 65.0 Å². The van der Waals surface area contributed by atoms with Crippen molar-refractivity contribution >= 4 is 22.7 Å². The van der Waals surface area contributed by atoms with Crippen LogP contribution in [0, 0.1) is 5.92 Å². The van der Waals surface area contributed by atoms with E-state index in [9.17, 15) is 9.59 Å². The first-order valence-corrected chi connectivity index (χ1v) is 11.6. The van der Waals surface area contributed by atoms with Crippen LogP contribution in [-0.2, 0) is 11.3 Å². The Hall–Kier alpha value is -2.44. The van der Waals surface area contributed by atoms with E-state index in [1.807, 2.05) is 0 Å². The first-order valence-electron chi connectivity index (χ1n) is 11.6. The minimum absolute atomic E-state index is 0.0112. The normalized spacial score (nSPS) is 27.9. The van der Waals surface area contributed by atoms with E-state index >= 15 is 0 Å². The quantitative estimate of drug-likeness (QED) is 0.770. The second kappa shape index (κ2) is 8.24. The highest BCUT2D eigenvalue weighted by atomic mass is 16.2. The monoisotopic (exact) mass is 420 g/mol. The molecule has 1 saturated carbocycles. The highest BCUT2D eigenvalue weighted by molar-refractivity contribution is 6.07. The van der Waals surface area contributed by atoms with Gasteiger partial charge in [-0.2, -0.15) is 0 Å². The molecular formula is C25H32N4O2. The van der Waals surface area contributed by atoms with Crippen molar-refractivity contribution < 1.29 is 9.59 Å². The zero-order valence-electron chi connectivity index (χ0n) is 18.3. The highest BCUT2D eigenvalue weighted by Crippen LogP contribution is 2.38. The molecule has 6 nitrogen and oxygen atoms in total. The minimum atomic E-state index is -0.661. The molecule has 0 aromatic heterocycles. The number of nitrogens with one attached hydrogen (secondary N) is 1. The fourth-order valence-electron chi connectivity index (χ4n) is 5.58. The largest absolute Gasteiger partial charge is 0.326 e. The lowest BCUT2D eigenvalue weighted by Gasteiger charge is -2.38. The van der Waals surface area contributed by atoms with E-state index in [0.717, 1.165) is 58.4 Å². The molecule has 1 spiro atoms. The van der Waals surface area contributed by atoms with Gasteiger partial charge in [-0.25, -0.2) is 9.69 Å². The number of carbonyl (C=O) groups excluding carboxylic acids is 2. The second-order valence-corrected chi connectivity index (χ2v) is 9.46. The van der Waals surface area contributed by atoms with Crippen molar-refractivity contribution in [1.29, 1.82) is 0 Å². The van der Waals surface area contributed by atoms with E-state index in [1.165, 1.54) is 21.2 Å². The van der Waals surface area contributed by atoms with Crippen LogP contribution in [0.3, 0.4) is 0 Å². The number of rotatable bonds is 4. The van der Waals surface area contributed by atoms with Crippen molar-refractivity contribution in [3.63, 3.8) is 0 Å². The Morgan fingerprint density at radius 3 is 2.52 bits per heavy atom. The van der Waals surface area contributed by atoms with Crippen molar-refractivity contribution in [2.24, 2.45) is 5.92 Å². The molecule has 3 fully saturated rings. The number of benzene rings is 2. The molecule has 0 radical (unpaired) electrons. The van der Waals surface area contributed by atoms with Crippen molar-refractivity contribution in [1.82, 2.24) is 20.0 Å². The van der Waals surface area contributed by atoms with Crippen LogP contribution in [0.25, 0.3) is 10.8 Å². The summed E-state index contributed by atoms with van der Waals surface area (Å²) in [5, 5.41) is 5.67. The summed E-state index contributed by atoms with van der Waals surface area (Å²) in [5.41, 5.74) is 0.694. The summed E-state index contributed by atoms with van der Waals surface area (Å²) >= 11 is 0. The summed E-state index contributed by atoms with van der Waals surface area (Å²) in [4.78, 5) is 32.0. The molecule has 5 rings (SSSR count). The summed E-state index contributed by atoms with van der Waals surface area (Å²) in [6, 6.07) is 14.8. The Morgan fingerprint density at radius 1 is 0.968 bits per heavy atom. The third kappa shape index (κ3) is 3.72. The smallest absolute Gasteiger partial charge is 0.323 e. The lowest BCUT2D eigenvalue weighted by atomic mass is 9.73. The van der Waals surface area contributed by atoms with Crippen LogP contribution in [0.4, 0.5) is 4.79 Å². The van der Waals surface area contributed by atoms with Gasteiger partial charge in [-0.15, -0.1) is 0 Å². The van der Waals surface area contributed by atoms with Crippen LogP contribution in [0.1, 0.15) is 38.2 Å². The van der Waals surface area contributed by atoms with Gasteiger partial charge in [0.1, 0.15) is 5.54 Å². The van der Waals surface area contributed by atoms with Gasteiger partial charge in [0, 0.05) is 32.7 Å². The number of piperazine rings is 1. The number of urea groups is 1. The molecule has 2 atom stereocenters. The zero-order chi connectivity index (χ0) is 21.4. The van der Waals surface area contributed by atoms with Crippen molar-refractivity contribution in [3.05, 3.63) is 48.0 Å². The third-order valence-electron chi connectivity index (χ3n) is 7.58. The predicted octanol–water partition coefficient (Wildman–Crippen LogP) is 3.42. The third-order valence-corrected chi connectivity index (χ3v) is 7.58. The van der Waals surface area contributed by atoms with Gasteiger partial charge in [0.05, 0.1) is 6.67 Å². The fourth-order valence-corrected chi connectivity index (χ4v) is 5.58. The van der Waals surface area contributed by atoms with E-state index in [-0.39, 0.29) is 17.9 Å². The van der Waals surface area contributed by atoms with Gasteiger partial charge in [0.2, 0.25) is 0 Å². The van der Waals surface area contributed by atoms with Gasteiger partial charge in [-0.05, 0) is 35.1 Å². The van der Waals surface area contributed by atoms with E-state index in [2.05, 4.69) is 64.5 Å². The average molecular weight is 421 g/mol. The van der Waals surface area contributed by atoms with Gasteiger partial charge in [-0.1, -0.05) is 62.2 Å². The lowest BCUT2D eigenvalue weighted by molar-refractivity contribution is -0.136. The Labute approximate surface area is 184 Å². The number of amides is 3. The standard InChI is InChI=1S/C25H32N4O2/c1-19-7-4-5-12-25(19)23(30)29(24(31)26-25)18-28-15-13-27(14-16-28)17-21-10-6-9-20-8-2-3-11-22(20)21/h2-3,6,8-11,19H,4-5,7,12-18H2,1H3,(H,26,31)/t19-,25-/m1/s1. The molecule has 6 heteroatoms. The maximum absolute atomic E-state index is 13.2. The number of imide groups is 1. The van der Waals surface area contributed by atoms with Gasteiger partial charge in [-0.3, -0.25) is 14.6 Å².